The first-order valence-electron chi connectivity index (χ1n) is 17.2. The molecule has 0 aliphatic rings. The fourth-order valence-electron chi connectivity index (χ4n) is 5.09. The molecule has 0 amide bonds. The van der Waals surface area contributed by atoms with Gasteiger partial charge in [-0.15, -0.1) is 0 Å². The second-order valence-corrected chi connectivity index (χ2v) is 12.7. The van der Waals surface area contributed by atoms with Gasteiger partial charge in [0, 0.05) is 47.4 Å². The summed E-state index contributed by atoms with van der Waals surface area (Å²) in [5, 5.41) is 7.27. The summed E-state index contributed by atoms with van der Waals surface area (Å²) in [5.74, 6) is -0.792. The Morgan fingerprint density at radius 1 is 0.536 bits per heavy atom. The number of nitrogens with one attached hydrogen (secondary N) is 4. The maximum absolute atomic E-state index is 12.8. The molecule has 0 aliphatic heterocycles. The first-order chi connectivity index (χ1) is 27.4. The number of aliphatic imine (C=N–C) groups is 2. The molecule has 280 valence electrons. The summed E-state index contributed by atoms with van der Waals surface area (Å²) in [5.41, 5.74) is 9.97. The van der Waals surface area contributed by atoms with Crippen LogP contribution in [0.25, 0.3) is 0 Å². The molecule has 0 aliphatic carbocycles. The molecule has 0 atom stereocenters. The van der Waals surface area contributed by atoms with E-state index >= 15 is 0 Å². The molecule has 4 N–H and O–H groups in total. The number of aromatic nitrogens is 2. The minimum Gasteiger partial charge on any atom is -0.336 e. The number of pyridine rings is 2. The molecule has 0 saturated carbocycles. The molecule has 4 aromatic carbocycles. The summed E-state index contributed by atoms with van der Waals surface area (Å²) in [6.45, 7) is 0. The van der Waals surface area contributed by atoms with Gasteiger partial charge in [0.25, 0.3) is 0 Å². The molecule has 0 radical (unpaired) electrons. The number of carbonyl (C=O) groups is 2. The van der Waals surface area contributed by atoms with Crippen LogP contribution in [0.3, 0.4) is 0 Å². The van der Waals surface area contributed by atoms with Crippen LogP contribution in [0.4, 0.5) is 23.0 Å². The smallest absolute Gasteiger partial charge is 0.336 e. The number of rotatable bonds is 10. The third kappa shape index (κ3) is 12.3. The van der Waals surface area contributed by atoms with Crippen molar-refractivity contribution in [2.45, 2.75) is 12.8 Å². The van der Waals surface area contributed by atoms with Crippen LogP contribution in [0.15, 0.2) is 168 Å². The van der Waals surface area contributed by atoms with Crippen molar-refractivity contribution < 1.29 is 19.3 Å². The Labute approximate surface area is 332 Å². The van der Waals surface area contributed by atoms with E-state index in [1.165, 1.54) is 0 Å². The Balaban J connectivity index is 1.11. The third-order valence-corrected chi connectivity index (χ3v) is 8.22. The molecule has 0 fully saturated rings. The molecule has 0 unspecified atom stereocenters. The summed E-state index contributed by atoms with van der Waals surface area (Å²) in [7, 11) is 0. The SMILES string of the molecule is O=C(/C=C\C(=O)ONC(=Nc1ccc(Cl)cc1)Nc1ncccc1Cc1ccccc1)ONC(=Nc1ccc(Cl)cc1)Nc1ncccc1Cc1ccccc1. The van der Waals surface area contributed by atoms with Gasteiger partial charge in [-0.3, -0.25) is 0 Å². The number of nitrogens with zero attached hydrogens (tertiary/aromatic N) is 4. The lowest BCUT2D eigenvalue weighted by Crippen LogP contribution is -2.34. The van der Waals surface area contributed by atoms with Crippen LogP contribution in [-0.2, 0) is 32.1 Å². The van der Waals surface area contributed by atoms with E-state index in [-0.39, 0.29) is 11.9 Å². The van der Waals surface area contributed by atoms with E-state index in [0.29, 0.717) is 45.9 Å². The van der Waals surface area contributed by atoms with Crippen molar-refractivity contribution in [2.75, 3.05) is 10.6 Å². The second-order valence-electron chi connectivity index (χ2n) is 11.9. The standard InChI is InChI=1S/C42H34Cl2N8O4/c43-33-15-19-35(20-16-33)47-41(49-39-31(13-7-25-45-39)27-29-9-3-1-4-10-29)51-55-37(53)23-24-38(54)56-52-42(48-36-21-17-34(44)18-22-36)50-40-32(14-8-26-46-40)28-30-11-5-2-6-12-30/h1-26H,27-28H2,(H2,45,47,49,51)(H2,46,48,50,52)/b24-23-. The number of carbonyl (C=O) groups excluding carboxylic acids is 2. The lowest BCUT2D eigenvalue weighted by Gasteiger charge is -2.14. The average Bonchev–Trinajstić information content (AvgIpc) is 3.22. The van der Waals surface area contributed by atoms with Crippen molar-refractivity contribution in [1.29, 1.82) is 0 Å². The number of anilines is 2. The Morgan fingerprint density at radius 2 is 0.929 bits per heavy atom. The van der Waals surface area contributed by atoms with Gasteiger partial charge >= 0.3 is 11.9 Å². The summed E-state index contributed by atoms with van der Waals surface area (Å²) in [6.07, 6.45) is 6.21. The summed E-state index contributed by atoms with van der Waals surface area (Å²) < 4.78 is 0. The van der Waals surface area contributed by atoms with Crippen molar-refractivity contribution in [1.82, 2.24) is 20.9 Å². The molecular formula is C42H34Cl2N8O4. The van der Waals surface area contributed by atoms with Gasteiger partial charge in [-0.25, -0.2) is 29.5 Å². The van der Waals surface area contributed by atoms with Gasteiger partial charge in [-0.2, -0.15) is 11.0 Å². The van der Waals surface area contributed by atoms with E-state index in [4.69, 9.17) is 32.9 Å². The van der Waals surface area contributed by atoms with Crippen LogP contribution >= 0.6 is 23.2 Å². The zero-order chi connectivity index (χ0) is 39.0. The Kier molecular flexibility index (Phi) is 13.7. The molecule has 14 heteroatoms. The van der Waals surface area contributed by atoms with Crippen molar-refractivity contribution in [3.63, 3.8) is 0 Å². The molecule has 0 bridgehead atoms. The molecule has 12 nitrogen and oxygen atoms in total. The zero-order valence-electron chi connectivity index (χ0n) is 29.6. The summed E-state index contributed by atoms with van der Waals surface area (Å²) >= 11 is 12.1. The molecule has 6 rings (SSSR count). The van der Waals surface area contributed by atoms with Crippen LogP contribution in [0, 0.1) is 0 Å². The van der Waals surface area contributed by atoms with Gasteiger partial charge in [-0.05, 0) is 82.9 Å². The maximum Gasteiger partial charge on any atom is 0.356 e. The van der Waals surface area contributed by atoms with Crippen LogP contribution in [-0.4, -0.2) is 33.8 Å². The van der Waals surface area contributed by atoms with Crippen molar-refractivity contribution >= 4 is 70.1 Å². The van der Waals surface area contributed by atoms with Gasteiger partial charge in [0.15, 0.2) is 0 Å². The fraction of sp³-hybridized carbons (Fsp3) is 0.0476. The van der Waals surface area contributed by atoms with Gasteiger partial charge in [0.1, 0.15) is 11.6 Å². The van der Waals surface area contributed by atoms with Gasteiger partial charge < -0.3 is 20.3 Å². The predicted molar refractivity (Wildman–Crippen MR) is 219 cm³/mol. The fourth-order valence-corrected chi connectivity index (χ4v) is 5.34. The minimum atomic E-state index is -0.926. The van der Waals surface area contributed by atoms with Crippen LogP contribution < -0.4 is 21.6 Å². The lowest BCUT2D eigenvalue weighted by atomic mass is 10.1. The van der Waals surface area contributed by atoms with E-state index in [9.17, 15) is 9.59 Å². The van der Waals surface area contributed by atoms with Crippen LogP contribution in [0.2, 0.25) is 10.0 Å². The highest BCUT2D eigenvalue weighted by atomic mass is 35.5. The lowest BCUT2D eigenvalue weighted by molar-refractivity contribution is -0.144. The Bertz CT molecular complexity index is 2160. The van der Waals surface area contributed by atoms with Crippen molar-refractivity contribution in [3.8, 4) is 0 Å². The number of halogens is 2. The number of guanidine groups is 2. The van der Waals surface area contributed by atoms with E-state index in [1.807, 2.05) is 84.9 Å². The van der Waals surface area contributed by atoms with E-state index in [0.717, 1.165) is 34.4 Å². The molecule has 6 aromatic rings. The first kappa shape index (κ1) is 38.7. The summed E-state index contributed by atoms with van der Waals surface area (Å²) in [6, 6.07) is 40.8. The topological polar surface area (TPSA) is 151 Å². The molecule has 56 heavy (non-hydrogen) atoms. The normalized spacial score (nSPS) is 11.5. The molecular weight excluding hydrogens is 751 g/mol. The zero-order valence-corrected chi connectivity index (χ0v) is 31.1. The average molecular weight is 786 g/mol. The van der Waals surface area contributed by atoms with Crippen molar-refractivity contribution in [3.05, 3.63) is 190 Å². The highest BCUT2D eigenvalue weighted by Gasteiger charge is 2.13. The molecule has 0 saturated heterocycles. The first-order valence-corrected chi connectivity index (χ1v) is 17.9. The molecule has 2 aromatic heterocycles. The number of hydrogen-bond donors (Lipinski definition) is 4. The highest BCUT2D eigenvalue weighted by Crippen LogP contribution is 2.21. The second kappa shape index (κ2) is 19.9. The van der Waals surface area contributed by atoms with Gasteiger partial charge in [-0.1, -0.05) is 96.0 Å². The predicted octanol–water partition coefficient (Wildman–Crippen LogP) is 8.52. The van der Waals surface area contributed by atoms with Crippen molar-refractivity contribution in [2.24, 2.45) is 9.98 Å². The Hall–Kier alpha value is -7.02. The Morgan fingerprint density at radius 3 is 1.32 bits per heavy atom. The monoisotopic (exact) mass is 784 g/mol. The van der Waals surface area contributed by atoms with E-state index < -0.39 is 11.9 Å². The number of benzene rings is 4. The molecule has 0 spiro atoms. The molecule has 2 heterocycles. The van der Waals surface area contributed by atoms with Gasteiger partial charge in [0.05, 0.1) is 11.4 Å². The largest absolute Gasteiger partial charge is 0.356 e. The van der Waals surface area contributed by atoms with Crippen LogP contribution in [0.5, 0.6) is 0 Å². The quantitative estimate of drug-likeness (QED) is 0.0461. The third-order valence-electron chi connectivity index (χ3n) is 7.72. The van der Waals surface area contributed by atoms with Gasteiger partial charge in [0.2, 0.25) is 11.9 Å². The highest BCUT2D eigenvalue weighted by molar-refractivity contribution is 6.30. The van der Waals surface area contributed by atoms with Crippen LogP contribution in [0.1, 0.15) is 22.3 Å². The number of hydroxylamine groups is 2. The minimum absolute atomic E-state index is 0.0432. The maximum atomic E-state index is 12.8. The van der Waals surface area contributed by atoms with E-state index in [2.05, 4.69) is 41.5 Å². The summed E-state index contributed by atoms with van der Waals surface area (Å²) in [4.78, 5) is 54.0. The van der Waals surface area contributed by atoms with E-state index in [1.54, 1.807) is 60.9 Å². The number of hydrogen-bond acceptors (Lipinski definition) is 8.